The number of aryl methyl sites for hydroxylation is 1. The van der Waals surface area contributed by atoms with Crippen molar-refractivity contribution in [2.75, 3.05) is 0 Å². The van der Waals surface area contributed by atoms with Gasteiger partial charge in [-0.25, -0.2) is 18.4 Å². The van der Waals surface area contributed by atoms with Crippen LogP contribution in [0.25, 0.3) is 11.1 Å². The topological polar surface area (TPSA) is 93.1 Å². The maximum absolute atomic E-state index is 14.8. The average molecular weight is 492 g/mol. The van der Waals surface area contributed by atoms with Crippen LogP contribution >= 0.6 is 0 Å². The van der Waals surface area contributed by atoms with Gasteiger partial charge in [-0.05, 0) is 41.8 Å². The molecule has 36 heavy (non-hydrogen) atoms. The molecule has 1 aliphatic heterocycles. The van der Waals surface area contributed by atoms with Gasteiger partial charge in [-0.15, -0.1) is 0 Å². The van der Waals surface area contributed by atoms with E-state index in [9.17, 15) is 18.4 Å². The summed E-state index contributed by atoms with van der Waals surface area (Å²) in [6.07, 6.45) is -2.54. The molecule has 1 saturated heterocycles. The zero-order valence-corrected chi connectivity index (χ0v) is 19.2. The zero-order chi connectivity index (χ0) is 25.8. The highest BCUT2D eigenvalue weighted by molar-refractivity contribution is 5.84. The summed E-state index contributed by atoms with van der Waals surface area (Å²) in [6, 6.07) is 16.4. The van der Waals surface area contributed by atoms with Gasteiger partial charge in [0.05, 0.1) is 5.56 Å². The number of ether oxygens (including phenoxy) is 2. The van der Waals surface area contributed by atoms with E-state index in [1.165, 1.54) is 24.3 Å². The van der Waals surface area contributed by atoms with E-state index in [0.717, 1.165) is 18.4 Å². The second-order valence-corrected chi connectivity index (χ2v) is 8.23. The Morgan fingerprint density at radius 1 is 0.833 bits per heavy atom. The number of hydrogen-bond donors (Lipinski definition) is 2. The molecule has 0 aliphatic carbocycles. The maximum Gasteiger partial charge on any atom is 0.336 e. The van der Waals surface area contributed by atoms with Crippen molar-refractivity contribution in [1.29, 1.82) is 0 Å². The predicted octanol–water partition coefficient (Wildman–Crippen LogP) is 4.94. The van der Waals surface area contributed by atoms with E-state index < -0.39 is 42.1 Å². The number of benzene rings is 3. The Labute approximate surface area is 206 Å². The van der Waals surface area contributed by atoms with E-state index in [2.05, 4.69) is 18.8 Å². The van der Waals surface area contributed by atoms with Gasteiger partial charge in [0.1, 0.15) is 0 Å². The van der Waals surface area contributed by atoms with Gasteiger partial charge >= 0.3 is 11.9 Å². The SMILES string of the molecule is CCCc1ccc(-c2ccc(C#Cc3ccc(C4O[C@@H](C(=O)O)[C@H](C(=O)O)O4)cc3)c(F)c2F)cc1. The van der Waals surface area contributed by atoms with Crippen LogP contribution in [0.1, 0.15) is 41.9 Å². The van der Waals surface area contributed by atoms with E-state index >= 15 is 0 Å². The van der Waals surface area contributed by atoms with Gasteiger partial charge < -0.3 is 19.7 Å². The summed E-state index contributed by atoms with van der Waals surface area (Å²) >= 11 is 0. The smallest absolute Gasteiger partial charge is 0.336 e. The molecule has 4 rings (SSSR count). The van der Waals surface area contributed by atoms with Gasteiger partial charge in [0, 0.05) is 16.7 Å². The highest BCUT2D eigenvalue weighted by Crippen LogP contribution is 2.32. The summed E-state index contributed by atoms with van der Waals surface area (Å²) in [4.78, 5) is 22.4. The summed E-state index contributed by atoms with van der Waals surface area (Å²) < 4.78 is 39.9. The third kappa shape index (κ3) is 5.28. The van der Waals surface area contributed by atoms with Crippen LogP contribution in [0.2, 0.25) is 0 Å². The van der Waals surface area contributed by atoms with E-state index in [1.807, 2.05) is 12.1 Å². The van der Waals surface area contributed by atoms with Crippen LogP contribution < -0.4 is 0 Å². The molecule has 8 heteroatoms. The highest BCUT2D eigenvalue weighted by atomic mass is 19.2. The van der Waals surface area contributed by atoms with Crippen LogP contribution in [0, 0.1) is 23.5 Å². The minimum Gasteiger partial charge on any atom is -0.479 e. The van der Waals surface area contributed by atoms with Gasteiger partial charge in [0.2, 0.25) is 0 Å². The fourth-order valence-electron chi connectivity index (χ4n) is 3.85. The van der Waals surface area contributed by atoms with Crippen LogP contribution in [0.5, 0.6) is 0 Å². The summed E-state index contributed by atoms with van der Waals surface area (Å²) in [7, 11) is 0. The lowest BCUT2D eigenvalue weighted by molar-refractivity contribution is -0.156. The summed E-state index contributed by atoms with van der Waals surface area (Å²) in [5, 5.41) is 18.3. The molecule has 3 aromatic rings. The van der Waals surface area contributed by atoms with Crippen molar-refractivity contribution >= 4 is 11.9 Å². The highest BCUT2D eigenvalue weighted by Gasteiger charge is 2.46. The Balaban J connectivity index is 1.50. The normalized spacial score (nSPS) is 17.4. The second-order valence-electron chi connectivity index (χ2n) is 8.23. The van der Waals surface area contributed by atoms with Crippen LogP contribution in [-0.4, -0.2) is 34.4 Å². The van der Waals surface area contributed by atoms with Crippen molar-refractivity contribution in [2.45, 2.75) is 38.3 Å². The fourth-order valence-corrected chi connectivity index (χ4v) is 3.85. The third-order valence-electron chi connectivity index (χ3n) is 5.71. The van der Waals surface area contributed by atoms with E-state index in [0.29, 0.717) is 16.7 Å². The van der Waals surface area contributed by atoms with Crippen LogP contribution in [0.15, 0.2) is 60.7 Å². The Hall–Kier alpha value is -4.06. The minimum atomic E-state index is -1.64. The van der Waals surface area contributed by atoms with E-state index in [4.69, 9.17) is 19.7 Å². The molecular weight excluding hydrogens is 470 g/mol. The number of carboxylic acids is 2. The number of halogens is 2. The Bertz CT molecular complexity index is 1320. The summed E-state index contributed by atoms with van der Waals surface area (Å²) in [5.41, 5.74) is 2.62. The monoisotopic (exact) mass is 492 g/mol. The van der Waals surface area contributed by atoms with Crippen LogP contribution in [0.4, 0.5) is 8.78 Å². The van der Waals surface area contributed by atoms with Crippen molar-refractivity contribution in [3.05, 3.63) is 94.6 Å². The molecule has 0 saturated carbocycles. The quantitative estimate of drug-likeness (QED) is 0.474. The first-order valence-electron chi connectivity index (χ1n) is 11.2. The molecule has 3 aromatic carbocycles. The first-order chi connectivity index (χ1) is 17.3. The molecule has 0 radical (unpaired) electrons. The first-order valence-corrected chi connectivity index (χ1v) is 11.2. The molecule has 1 aliphatic rings. The van der Waals surface area contributed by atoms with Crippen molar-refractivity contribution < 1.29 is 38.1 Å². The lowest BCUT2D eigenvalue weighted by Crippen LogP contribution is -2.36. The van der Waals surface area contributed by atoms with E-state index in [-0.39, 0.29) is 11.1 Å². The average Bonchev–Trinajstić information content (AvgIpc) is 3.33. The van der Waals surface area contributed by atoms with E-state index in [1.54, 1.807) is 24.3 Å². The number of aliphatic carboxylic acids is 2. The Morgan fingerprint density at radius 3 is 2.00 bits per heavy atom. The molecule has 2 atom stereocenters. The van der Waals surface area contributed by atoms with Gasteiger partial charge in [0.15, 0.2) is 30.1 Å². The predicted molar refractivity (Wildman–Crippen MR) is 126 cm³/mol. The Kier molecular flexibility index (Phi) is 7.44. The number of hydrogen-bond acceptors (Lipinski definition) is 4. The van der Waals surface area contributed by atoms with Crippen molar-refractivity contribution in [2.24, 2.45) is 0 Å². The molecule has 0 unspecified atom stereocenters. The molecule has 0 amide bonds. The first kappa shape index (κ1) is 25.0. The summed E-state index contributed by atoms with van der Waals surface area (Å²) in [6.45, 7) is 2.07. The number of rotatable bonds is 6. The molecular formula is C28H22F2O6. The molecule has 2 N–H and O–H groups in total. The van der Waals surface area contributed by atoms with Gasteiger partial charge in [0.25, 0.3) is 0 Å². The maximum atomic E-state index is 14.8. The molecule has 0 spiro atoms. The third-order valence-corrected chi connectivity index (χ3v) is 5.71. The fraction of sp³-hybridized carbons (Fsp3) is 0.214. The largest absolute Gasteiger partial charge is 0.479 e. The minimum absolute atomic E-state index is 0.0982. The standard InChI is InChI=1S/C28H22F2O6/c1-2-3-16-4-9-18(10-5-16)21-15-14-19(22(29)23(21)30)11-6-17-7-12-20(13-8-17)28-35-24(26(31)32)25(36-28)27(33)34/h4-5,7-10,12-15,24-25,28H,2-3H2,1H3,(H,31,32)(H,33,34)/t24-,25-/m1/s1. The molecule has 0 aromatic heterocycles. The van der Waals surface area contributed by atoms with Crippen molar-refractivity contribution in [3.63, 3.8) is 0 Å². The zero-order valence-electron chi connectivity index (χ0n) is 19.2. The van der Waals surface area contributed by atoms with Crippen LogP contribution in [0.3, 0.4) is 0 Å². The Morgan fingerprint density at radius 2 is 1.44 bits per heavy atom. The van der Waals surface area contributed by atoms with Crippen molar-refractivity contribution in [1.82, 2.24) is 0 Å². The second kappa shape index (κ2) is 10.7. The summed E-state index contributed by atoms with van der Waals surface area (Å²) in [5.74, 6) is 0.477. The molecule has 184 valence electrons. The number of carbonyl (C=O) groups is 2. The van der Waals surface area contributed by atoms with Gasteiger partial charge in [-0.3, -0.25) is 0 Å². The molecule has 1 heterocycles. The van der Waals surface area contributed by atoms with Gasteiger partial charge in [-0.1, -0.05) is 61.6 Å². The lowest BCUT2D eigenvalue weighted by atomic mass is 10.00. The van der Waals surface area contributed by atoms with Crippen LogP contribution in [-0.2, 0) is 25.5 Å². The molecule has 1 fully saturated rings. The molecule has 6 nitrogen and oxygen atoms in total. The lowest BCUT2D eigenvalue weighted by Gasteiger charge is -2.09. The van der Waals surface area contributed by atoms with Crippen molar-refractivity contribution in [3.8, 4) is 23.0 Å². The number of carboxylic acid groups (broad SMARTS) is 2. The molecule has 0 bridgehead atoms. The van der Waals surface area contributed by atoms with Gasteiger partial charge in [-0.2, -0.15) is 0 Å².